The van der Waals surface area contributed by atoms with Gasteiger partial charge in [0.2, 0.25) is 0 Å². The van der Waals surface area contributed by atoms with Crippen LogP contribution in [0.3, 0.4) is 0 Å². The molecule has 2 rings (SSSR count). The van der Waals surface area contributed by atoms with Gasteiger partial charge < -0.3 is 0 Å². The predicted octanol–water partition coefficient (Wildman–Crippen LogP) is 1.73. The van der Waals surface area contributed by atoms with Gasteiger partial charge in [-0.1, -0.05) is 17.7 Å². The Labute approximate surface area is 85.1 Å². The number of aldehydes is 1. The van der Waals surface area contributed by atoms with Gasteiger partial charge in [-0.15, -0.1) is 0 Å². The third-order valence-electron chi connectivity index (χ3n) is 1.67. The maximum absolute atomic E-state index is 10.4. The Hall–Kier alpha value is -1.68. The molecule has 0 spiro atoms. The SMILES string of the molecule is O=Cc1cnn(-c2cccc(Cl)n2)c1. The van der Waals surface area contributed by atoms with E-state index in [0.29, 0.717) is 16.5 Å². The standard InChI is InChI=1S/C9H6ClN3O/c10-8-2-1-3-9(12-8)13-5-7(6-14)4-11-13/h1-6H. The molecule has 0 aliphatic heterocycles. The van der Waals surface area contributed by atoms with Crippen molar-refractivity contribution < 1.29 is 4.79 Å². The van der Waals surface area contributed by atoms with E-state index < -0.39 is 0 Å². The maximum Gasteiger partial charge on any atom is 0.155 e. The molecule has 0 radical (unpaired) electrons. The van der Waals surface area contributed by atoms with Gasteiger partial charge >= 0.3 is 0 Å². The maximum atomic E-state index is 10.4. The highest BCUT2D eigenvalue weighted by atomic mass is 35.5. The molecule has 2 heterocycles. The van der Waals surface area contributed by atoms with Gasteiger partial charge in [0.15, 0.2) is 12.1 Å². The number of pyridine rings is 1. The number of rotatable bonds is 2. The first-order valence-corrected chi connectivity index (χ1v) is 4.30. The van der Waals surface area contributed by atoms with Gasteiger partial charge in [-0.2, -0.15) is 5.10 Å². The molecule has 0 N–H and O–H groups in total. The van der Waals surface area contributed by atoms with E-state index in [-0.39, 0.29) is 0 Å². The smallest absolute Gasteiger partial charge is 0.155 e. The summed E-state index contributed by atoms with van der Waals surface area (Å²) in [5.41, 5.74) is 0.506. The minimum atomic E-state index is 0.394. The summed E-state index contributed by atoms with van der Waals surface area (Å²) in [7, 11) is 0. The van der Waals surface area contributed by atoms with E-state index >= 15 is 0 Å². The van der Waals surface area contributed by atoms with E-state index in [1.54, 1.807) is 24.4 Å². The first kappa shape index (κ1) is 8.90. The molecule has 14 heavy (non-hydrogen) atoms. The van der Waals surface area contributed by atoms with Gasteiger partial charge in [0.25, 0.3) is 0 Å². The van der Waals surface area contributed by atoms with Crippen molar-refractivity contribution in [1.82, 2.24) is 14.8 Å². The van der Waals surface area contributed by atoms with Crippen LogP contribution in [0.25, 0.3) is 5.82 Å². The second kappa shape index (κ2) is 3.59. The van der Waals surface area contributed by atoms with Gasteiger partial charge in [0.05, 0.1) is 11.8 Å². The Kier molecular flexibility index (Phi) is 2.28. The second-order valence-electron chi connectivity index (χ2n) is 2.65. The summed E-state index contributed by atoms with van der Waals surface area (Å²) in [5.74, 6) is 0.589. The van der Waals surface area contributed by atoms with Crippen molar-refractivity contribution in [1.29, 1.82) is 0 Å². The predicted molar refractivity (Wildman–Crippen MR) is 51.8 cm³/mol. The van der Waals surface area contributed by atoms with E-state index in [4.69, 9.17) is 11.6 Å². The van der Waals surface area contributed by atoms with Gasteiger partial charge in [0.1, 0.15) is 5.15 Å². The van der Waals surface area contributed by atoms with Crippen molar-refractivity contribution in [3.8, 4) is 5.82 Å². The van der Waals surface area contributed by atoms with Crippen LogP contribution in [0.1, 0.15) is 10.4 Å². The Morgan fingerprint density at radius 3 is 2.93 bits per heavy atom. The van der Waals surface area contributed by atoms with E-state index in [1.807, 2.05) is 0 Å². The molecule has 5 heteroatoms. The van der Waals surface area contributed by atoms with Crippen LogP contribution in [0.2, 0.25) is 5.15 Å². The number of hydrogen-bond donors (Lipinski definition) is 0. The van der Waals surface area contributed by atoms with Gasteiger partial charge in [-0.05, 0) is 12.1 Å². The van der Waals surface area contributed by atoms with Crippen molar-refractivity contribution in [2.75, 3.05) is 0 Å². The zero-order valence-electron chi connectivity index (χ0n) is 7.09. The molecule has 0 atom stereocenters. The zero-order chi connectivity index (χ0) is 9.97. The quantitative estimate of drug-likeness (QED) is 0.557. The summed E-state index contributed by atoms with van der Waals surface area (Å²) >= 11 is 5.71. The molecule has 2 aromatic heterocycles. The molecule has 0 aliphatic rings. The molecule has 4 nitrogen and oxygen atoms in total. The fourth-order valence-corrected chi connectivity index (χ4v) is 1.21. The Morgan fingerprint density at radius 1 is 1.43 bits per heavy atom. The van der Waals surface area contributed by atoms with Crippen molar-refractivity contribution >= 4 is 17.9 Å². The Balaban J connectivity index is 2.43. The molecular weight excluding hydrogens is 202 g/mol. The van der Waals surface area contributed by atoms with Crippen molar-refractivity contribution in [2.45, 2.75) is 0 Å². The van der Waals surface area contributed by atoms with Crippen molar-refractivity contribution in [2.24, 2.45) is 0 Å². The molecule has 70 valence electrons. The number of carbonyl (C=O) groups is 1. The summed E-state index contributed by atoms with van der Waals surface area (Å²) < 4.78 is 1.50. The average Bonchev–Trinajstić information content (AvgIpc) is 2.66. The van der Waals surface area contributed by atoms with Crippen LogP contribution in [0.15, 0.2) is 30.6 Å². The lowest BCUT2D eigenvalue weighted by atomic mass is 10.4. The first-order chi connectivity index (χ1) is 6.79. The molecular formula is C9H6ClN3O. The van der Waals surface area contributed by atoms with Crippen LogP contribution >= 0.6 is 11.6 Å². The molecule has 0 saturated carbocycles. The Bertz CT molecular complexity index is 467. The van der Waals surface area contributed by atoms with Crippen LogP contribution < -0.4 is 0 Å². The fourth-order valence-electron chi connectivity index (χ4n) is 1.05. The molecule has 0 fully saturated rings. The van der Waals surface area contributed by atoms with Gasteiger partial charge in [-0.25, -0.2) is 9.67 Å². The summed E-state index contributed by atoms with van der Waals surface area (Å²) in [6, 6.07) is 5.20. The molecule has 2 aromatic rings. The number of halogens is 1. The number of aromatic nitrogens is 3. The van der Waals surface area contributed by atoms with Crippen LogP contribution in [-0.4, -0.2) is 21.1 Å². The summed E-state index contributed by atoms with van der Waals surface area (Å²) in [4.78, 5) is 14.5. The van der Waals surface area contributed by atoms with Crippen LogP contribution in [0.4, 0.5) is 0 Å². The second-order valence-corrected chi connectivity index (χ2v) is 3.04. The van der Waals surface area contributed by atoms with E-state index in [9.17, 15) is 4.79 Å². The molecule has 0 saturated heterocycles. The summed E-state index contributed by atoms with van der Waals surface area (Å²) in [6.45, 7) is 0. The lowest BCUT2D eigenvalue weighted by Gasteiger charge is -1.98. The molecule has 0 bridgehead atoms. The molecule has 0 unspecified atom stereocenters. The number of nitrogens with zero attached hydrogens (tertiary/aromatic N) is 3. The minimum absolute atomic E-state index is 0.394. The van der Waals surface area contributed by atoms with E-state index in [1.165, 1.54) is 10.9 Å². The largest absolute Gasteiger partial charge is 0.298 e. The van der Waals surface area contributed by atoms with Gasteiger partial charge in [-0.3, -0.25) is 4.79 Å². The van der Waals surface area contributed by atoms with E-state index in [0.717, 1.165) is 6.29 Å². The van der Waals surface area contributed by atoms with Crippen molar-refractivity contribution in [3.05, 3.63) is 41.3 Å². The zero-order valence-corrected chi connectivity index (χ0v) is 7.85. The molecule has 0 aromatic carbocycles. The number of carbonyl (C=O) groups excluding carboxylic acids is 1. The summed E-state index contributed by atoms with van der Waals surface area (Å²) in [6.07, 6.45) is 3.79. The Morgan fingerprint density at radius 2 is 2.29 bits per heavy atom. The fraction of sp³-hybridized carbons (Fsp3) is 0. The van der Waals surface area contributed by atoms with Gasteiger partial charge in [0, 0.05) is 6.20 Å². The lowest BCUT2D eigenvalue weighted by Crippen LogP contribution is -1.97. The molecule has 0 amide bonds. The average molecular weight is 208 g/mol. The monoisotopic (exact) mass is 207 g/mol. The van der Waals surface area contributed by atoms with Crippen LogP contribution in [0, 0.1) is 0 Å². The van der Waals surface area contributed by atoms with Crippen LogP contribution in [0.5, 0.6) is 0 Å². The highest BCUT2D eigenvalue weighted by Crippen LogP contribution is 2.09. The highest BCUT2D eigenvalue weighted by Gasteiger charge is 2.01. The summed E-state index contributed by atoms with van der Waals surface area (Å²) in [5, 5.41) is 4.36. The highest BCUT2D eigenvalue weighted by molar-refractivity contribution is 6.29. The minimum Gasteiger partial charge on any atom is -0.298 e. The third-order valence-corrected chi connectivity index (χ3v) is 1.88. The van der Waals surface area contributed by atoms with E-state index in [2.05, 4.69) is 10.1 Å². The third kappa shape index (κ3) is 1.65. The number of hydrogen-bond acceptors (Lipinski definition) is 3. The molecule has 0 aliphatic carbocycles. The lowest BCUT2D eigenvalue weighted by molar-refractivity contribution is 0.112. The topological polar surface area (TPSA) is 47.8 Å². The van der Waals surface area contributed by atoms with Crippen molar-refractivity contribution in [3.63, 3.8) is 0 Å². The first-order valence-electron chi connectivity index (χ1n) is 3.92. The van der Waals surface area contributed by atoms with Crippen LogP contribution in [-0.2, 0) is 0 Å². The normalized spacial score (nSPS) is 10.1.